The van der Waals surface area contributed by atoms with E-state index < -0.39 is 5.91 Å². The number of amides is 1. The zero-order chi connectivity index (χ0) is 16.9. The lowest BCUT2D eigenvalue weighted by atomic mass is 9.96. The number of rotatable bonds is 5. The van der Waals surface area contributed by atoms with E-state index >= 15 is 0 Å². The Kier molecular flexibility index (Phi) is 5.11. The van der Waals surface area contributed by atoms with Gasteiger partial charge in [0.2, 0.25) is 5.91 Å². The van der Waals surface area contributed by atoms with Crippen LogP contribution in [0.3, 0.4) is 0 Å². The van der Waals surface area contributed by atoms with E-state index in [4.69, 9.17) is 5.73 Å². The molecule has 0 radical (unpaired) electrons. The summed E-state index contributed by atoms with van der Waals surface area (Å²) >= 11 is 0. The average Bonchev–Trinajstić information content (AvgIpc) is 2.60. The van der Waals surface area contributed by atoms with Crippen LogP contribution in [0, 0.1) is 0 Å². The van der Waals surface area contributed by atoms with Gasteiger partial charge in [-0.1, -0.05) is 6.42 Å². The van der Waals surface area contributed by atoms with Gasteiger partial charge in [-0.25, -0.2) is 0 Å². The quantitative estimate of drug-likeness (QED) is 0.788. The van der Waals surface area contributed by atoms with Crippen molar-refractivity contribution >= 4 is 5.91 Å². The summed E-state index contributed by atoms with van der Waals surface area (Å²) in [4.78, 5) is 15.6. The summed E-state index contributed by atoms with van der Waals surface area (Å²) in [7, 11) is 0. The normalized spacial score (nSPS) is 17.6. The molecule has 0 aliphatic carbocycles. The SMILES string of the molecule is NC(=O)c1ccnc(-c2cc(O)cc(CCC3CCCCN3)c2)c1. The molecule has 1 aliphatic rings. The predicted molar refractivity (Wildman–Crippen MR) is 93.8 cm³/mol. The van der Waals surface area contributed by atoms with Gasteiger partial charge in [-0.05, 0) is 68.1 Å². The molecular formula is C19H23N3O2. The lowest BCUT2D eigenvalue weighted by Gasteiger charge is -2.23. The van der Waals surface area contributed by atoms with Gasteiger partial charge in [0.05, 0.1) is 5.69 Å². The molecule has 5 nitrogen and oxygen atoms in total. The Morgan fingerprint density at radius 1 is 1.29 bits per heavy atom. The van der Waals surface area contributed by atoms with Crippen molar-refractivity contribution in [1.82, 2.24) is 10.3 Å². The highest BCUT2D eigenvalue weighted by atomic mass is 16.3. The number of primary amides is 1. The van der Waals surface area contributed by atoms with Gasteiger partial charge in [0.15, 0.2) is 0 Å². The number of aromatic nitrogens is 1. The molecule has 4 N–H and O–H groups in total. The second-order valence-electron chi connectivity index (χ2n) is 6.37. The summed E-state index contributed by atoms with van der Waals surface area (Å²) in [6, 6.07) is 9.28. The maximum atomic E-state index is 11.3. The topological polar surface area (TPSA) is 88.2 Å². The summed E-state index contributed by atoms with van der Waals surface area (Å²) < 4.78 is 0. The van der Waals surface area contributed by atoms with Crippen LogP contribution in [0.25, 0.3) is 11.3 Å². The number of hydrogen-bond donors (Lipinski definition) is 3. The van der Waals surface area contributed by atoms with Crippen molar-refractivity contribution in [3.8, 4) is 17.0 Å². The van der Waals surface area contributed by atoms with Crippen LogP contribution < -0.4 is 11.1 Å². The highest BCUT2D eigenvalue weighted by molar-refractivity contribution is 5.93. The van der Waals surface area contributed by atoms with Crippen LogP contribution in [0.15, 0.2) is 36.5 Å². The number of carbonyl (C=O) groups is 1. The number of phenols is 1. The Morgan fingerprint density at radius 2 is 2.17 bits per heavy atom. The monoisotopic (exact) mass is 325 g/mol. The minimum atomic E-state index is -0.484. The summed E-state index contributed by atoms with van der Waals surface area (Å²) in [6.45, 7) is 1.10. The number of benzene rings is 1. The van der Waals surface area contributed by atoms with E-state index in [2.05, 4.69) is 10.3 Å². The molecule has 2 heterocycles. The molecule has 1 amide bonds. The molecule has 1 saturated heterocycles. The van der Waals surface area contributed by atoms with Crippen LogP contribution in [-0.2, 0) is 6.42 Å². The fourth-order valence-electron chi connectivity index (χ4n) is 3.22. The number of nitrogens with two attached hydrogens (primary N) is 1. The highest BCUT2D eigenvalue weighted by Crippen LogP contribution is 2.26. The molecule has 0 saturated carbocycles. The largest absolute Gasteiger partial charge is 0.508 e. The van der Waals surface area contributed by atoms with Crippen molar-refractivity contribution < 1.29 is 9.90 Å². The van der Waals surface area contributed by atoms with Crippen LogP contribution >= 0.6 is 0 Å². The lowest BCUT2D eigenvalue weighted by molar-refractivity contribution is 0.1000. The first kappa shape index (κ1) is 16.5. The molecule has 1 aliphatic heterocycles. The van der Waals surface area contributed by atoms with Crippen LogP contribution in [0.5, 0.6) is 5.75 Å². The summed E-state index contributed by atoms with van der Waals surface area (Å²) in [5.74, 6) is -0.271. The number of carbonyl (C=O) groups excluding carboxylic acids is 1. The second kappa shape index (κ2) is 7.45. The first-order valence-electron chi connectivity index (χ1n) is 8.44. The number of aromatic hydroxyl groups is 1. The Hall–Kier alpha value is -2.40. The van der Waals surface area contributed by atoms with Crippen LogP contribution in [0.1, 0.15) is 41.6 Å². The Labute approximate surface area is 141 Å². The van der Waals surface area contributed by atoms with E-state index in [1.54, 1.807) is 30.5 Å². The molecule has 1 atom stereocenters. The molecule has 0 spiro atoms. The van der Waals surface area contributed by atoms with Gasteiger partial charge in [-0.15, -0.1) is 0 Å². The van der Waals surface area contributed by atoms with E-state index in [9.17, 15) is 9.90 Å². The van der Waals surface area contributed by atoms with Crippen molar-refractivity contribution in [1.29, 1.82) is 0 Å². The first-order valence-corrected chi connectivity index (χ1v) is 8.44. The fourth-order valence-corrected chi connectivity index (χ4v) is 3.22. The van der Waals surface area contributed by atoms with Crippen LogP contribution in [0.4, 0.5) is 0 Å². The van der Waals surface area contributed by atoms with Gasteiger partial charge in [0.1, 0.15) is 5.75 Å². The third-order valence-electron chi connectivity index (χ3n) is 4.51. The number of nitrogens with one attached hydrogen (secondary N) is 1. The van der Waals surface area contributed by atoms with Crippen molar-refractivity contribution in [2.45, 2.75) is 38.1 Å². The maximum absolute atomic E-state index is 11.3. The van der Waals surface area contributed by atoms with E-state index in [1.165, 1.54) is 19.3 Å². The van der Waals surface area contributed by atoms with Crippen molar-refractivity contribution in [2.75, 3.05) is 6.54 Å². The number of aryl methyl sites for hydroxylation is 1. The summed E-state index contributed by atoms with van der Waals surface area (Å²) in [6.07, 6.45) is 7.27. The molecule has 3 rings (SSSR count). The van der Waals surface area contributed by atoms with Crippen molar-refractivity contribution in [3.63, 3.8) is 0 Å². The Bertz CT molecular complexity index is 724. The standard InChI is InChI=1S/C19H23N3O2/c20-19(24)14-6-8-22-18(12-14)15-9-13(10-17(23)11-15)4-5-16-3-1-2-7-21-16/h6,8-12,16,21,23H,1-5,7H2,(H2,20,24). The fraction of sp³-hybridized carbons (Fsp3) is 0.368. The molecule has 24 heavy (non-hydrogen) atoms. The van der Waals surface area contributed by atoms with Crippen LogP contribution in [-0.4, -0.2) is 28.6 Å². The molecule has 1 aromatic heterocycles. The molecule has 0 bridgehead atoms. The molecule has 1 aromatic carbocycles. The predicted octanol–water partition coefficient (Wildman–Crippen LogP) is 2.63. The van der Waals surface area contributed by atoms with Gasteiger partial charge in [0.25, 0.3) is 0 Å². The van der Waals surface area contributed by atoms with Crippen molar-refractivity contribution in [2.24, 2.45) is 5.73 Å². The Morgan fingerprint density at radius 3 is 2.92 bits per heavy atom. The third kappa shape index (κ3) is 4.11. The van der Waals surface area contributed by atoms with E-state index in [0.717, 1.165) is 30.5 Å². The van der Waals surface area contributed by atoms with E-state index in [0.29, 0.717) is 17.3 Å². The van der Waals surface area contributed by atoms with Crippen LogP contribution in [0.2, 0.25) is 0 Å². The molecule has 126 valence electrons. The smallest absolute Gasteiger partial charge is 0.248 e. The van der Waals surface area contributed by atoms with Gasteiger partial charge in [-0.2, -0.15) is 0 Å². The third-order valence-corrected chi connectivity index (χ3v) is 4.51. The maximum Gasteiger partial charge on any atom is 0.248 e. The van der Waals surface area contributed by atoms with Gasteiger partial charge < -0.3 is 16.2 Å². The van der Waals surface area contributed by atoms with E-state index in [1.807, 2.05) is 6.07 Å². The minimum absolute atomic E-state index is 0.213. The molecule has 1 fully saturated rings. The van der Waals surface area contributed by atoms with Crippen molar-refractivity contribution in [3.05, 3.63) is 47.7 Å². The van der Waals surface area contributed by atoms with Gasteiger partial charge in [0, 0.05) is 23.4 Å². The minimum Gasteiger partial charge on any atom is -0.508 e. The number of hydrogen-bond acceptors (Lipinski definition) is 4. The summed E-state index contributed by atoms with van der Waals surface area (Å²) in [5, 5.41) is 13.6. The summed E-state index contributed by atoms with van der Waals surface area (Å²) in [5.41, 5.74) is 8.25. The average molecular weight is 325 g/mol. The number of piperidine rings is 1. The highest BCUT2D eigenvalue weighted by Gasteiger charge is 2.13. The van der Waals surface area contributed by atoms with E-state index in [-0.39, 0.29) is 5.75 Å². The zero-order valence-electron chi connectivity index (χ0n) is 13.7. The lowest BCUT2D eigenvalue weighted by Crippen LogP contribution is -2.34. The molecule has 5 heteroatoms. The first-order chi connectivity index (χ1) is 11.6. The number of pyridine rings is 1. The zero-order valence-corrected chi connectivity index (χ0v) is 13.7. The second-order valence-corrected chi connectivity index (χ2v) is 6.37. The van der Waals surface area contributed by atoms with Gasteiger partial charge in [-0.3, -0.25) is 9.78 Å². The molecule has 2 aromatic rings. The molecule has 1 unspecified atom stereocenters. The van der Waals surface area contributed by atoms with Gasteiger partial charge >= 0.3 is 0 Å². The number of nitrogens with zero attached hydrogens (tertiary/aromatic N) is 1. The number of phenolic OH excluding ortho intramolecular Hbond substituents is 1. The Balaban J connectivity index is 1.78. The molecular weight excluding hydrogens is 302 g/mol.